The van der Waals surface area contributed by atoms with Crippen LogP contribution in [0.25, 0.3) is 16.6 Å². The molecule has 0 amide bonds. The Balaban J connectivity index is 1.74. The fourth-order valence-electron chi connectivity index (χ4n) is 3.19. The van der Waals surface area contributed by atoms with E-state index in [0.717, 1.165) is 27.8 Å². The van der Waals surface area contributed by atoms with Crippen molar-refractivity contribution >= 4 is 39.7 Å². The smallest absolute Gasteiger partial charge is 0.145 e. The Hall–Kier alpha value is -2.79. The van der Waals surface area contributed by atoms with Crippen molar-refractivity contribution in [3.8, 4) is 0 Å². The molecule has 1 aliphatic heterocycles. The molecule has 0 fully saturated rings. The molecule has 0 atom stereocenters. The predicted octanol–water partition coefficient (Wildman–Crippen LogP) is 4.91. The number of rotatable bonds is 2. The van der Waals surface area contributed by atoms with E-state index in [1.165, 1.54) is 5.56 Å². The number of aromatic nitrogens is 2. The van der Waals surface area contributed by atoms with Gasteiger partial charge in [0, 0.05) is 10.7 Å². The largest absolute Gasteiger partial charge is 0.509 e. The lowest BCUT2D eigenvalue weighted by Crippen LogP contribution is -2.26. The highest BCUT2D eigenvalue weighted by atomic mass is 35.5. The number of anilines is 1. The molecule has 0 bridgehead atoms. The van der Waals surface area contributed by atoms with Crippen LogP contribution in [0.2, 0.25) is 5.02 Å². The van der Waals surface area contributed by atoms with Gasteiger partial charge < -0.3 is 15.0 Å². The molecule has 2 aromatic carbocycles. The highest BCUT2D eigenvalue weighted by molar-refractivity contribution is 6.33. The van der Waals surface area contributed by atoms with Crippen LogP contribution >= 0.6 is 11.6 Å². The number of nitrogens with zero attached hydrogens (tertiary/aromatic N) is 2. The van der Waals surface area contributed by atoms with Crippen LogP contribution in [0, 0.1) is 26.2 Å². The molecule has 0 aliphatic carbocycles. The number of benzene rings is 2. The Morgan fingerprint density at radius 3 is 2.58 bits per heavy atom. The molecule has 5 nitrogen and oxygen atoms in total. The number of H-pyrrole nitrogens is 1. The zero-order valence-electron chi connectivity index (χ0n) is 14.8. The molecule has 0 spiro atoms. The molecule has 26 heavy (non-hydrogen) atoms. The summed E-state index contributed by atoms with van der Waals surface area (Å²) in [4.78, 5) is 9.55. The van der Waals surface area contributed by atoms with Crippen molar-refractivity contribution in [2.75, 3.05) is 11.4 Å². The van der Waals surface area contributed by atoms with Crippen molar-refractivity contribution in [3.05, 3.63) is 63.6 Å². The van der Waals surface area contributed by atoms with Gasteiger partial charge in [-0.25, -0.2) is 4.98 Å². The summed E-state index contributed by atoms with van der Waals surface area (Å²) in [5.41, 5.74) is 6.22. The van der Waals surface area contributed by atoms with Gasteiger partial charge in [-0.3, -0.25) is 5.41 Å². The highest BCUT2D eigenvalue weighted by Gasteiger charge is 2.31. The topological polar surface area (TPSA) is 76.0 Å². The van der Waals surface area contributed by atoms with Crippen LogP contribution < -0.4 is 4.90 Å². The molecule has 1 aromatic heterocycles. The first kappa shape index (κ1) is 16.7. The molecule has 132 valence electrons. The third kappa shape index (κ3) is 2.56. The minimum absolute atomic E-state index is 0.124. The van der Waals surface area contributed by atoms with Gasteiger partial charge in [0.2, 0.25) is 0 Å². The Labute approximate surface area is 156 Å². The number of amidine groups is 1. The van der Waals surface area contributed by atoms with E-state index in [9.17, 15) is 5.11 Å². The van der Waals surface area contributed by atoms with Crippen molar-refractivity contribution in [1.29, 1.82) is 5.41 Å². The molecular weight excluding hydrogens is 348 g/mol. The number of aliphatic hydroxyl groups is 1. The maximum absolute atomic E-state index is 10.5. The number of hydrogen-bond acceptors (Lipinski definition) is 3. The lowest BCUT2D eigenvalue weighted by molar-refractivity contribution is 0.411. The number of hydrogen-bond donors (Lipinski definition) is 3. The van der Waals surface area contributed by atoms with Crippen LogP contribution in [0.4, 0.5) is 5.69 Å². The van der Waals surface area contributed by atoms with Crippen molar-refractivity contribution < 1.29 is 5.11 Å². The van der Waals surface area contributed by atoms with Crippen LogP contribution in [-0.2, 0) is 0 Å². The van der Waals surface area contributed by atoms with E-state index < -0.39 is 0 Å². The summed E-state index contributed by atoms with van der Waals surface area (Å²) < 4.78 is 0. The summed E-state index contributed by atoms with van der Waals surface area (Å²) in [6, 6.07) is 9.67. The fourth-order valence-corrected chi connectivity index (χ4v) is 3.36. The van der Waals surface area contributed by atoms with Crippen molar-refractivity contribution in [1.82, 2.24) is 9.97 Å². The molecule has 3 aromatic rings. The van der Waals surface area contributed by atoms with E-state index in [2.05, 4.69) is 9.97 Å². The Morgan fingerprint density at radius 2 is 1.85 bits per heavy atom. The highest BCUT2D eigenvalue weighted by Crippen LogP contribution is 2.33. The normalized spacial score (nSPS) is 14.8. The van der Waals surface area contributed by atoms with Gasteiger partial charge in [0.1, 0.15) is 17.4 Å². The monoisotopic (exact) mass is 366 g/mol. The molecule has 0 unspecified atom stereocenters. The second-order valence-electron chi connectivity index (χ2n) is 6.73. The molecule has 6 heteroatoms. The van der Waals surface area contributed by atoms with E-state index in [0.29, 0.717) is 16.4 Å². The van der Waals surface area contributed by atoms with Crippen LogP contribution in [-0.4, -0.2) is 27.5 Å². The molecule has 0 saturated heterocycles. The third-order valence-electron chi connectivity index (χ3n) is 4.90. The van der Waals surface area contributed by atoms with Crippen LogP contribution in [0.5, 0.6) is 0 Å². The lowest BCUT2D eigenvalue weighted by atomic mass is 10.1. The Kier molecular flexibility index (Phi) is 3.77. The zero-order valence-corrected chi connectivity index (χ0v) is 15.6. The minimum atomic E-state index is 0.124. The van der Waals surface area contributed by atoms with Gasteiger partial charge in [-0.2, -0.15) is 0 Å². The summed E-state index contributed by atoms with van der Waals surface area (Å²) >= 11 is 6.22. The molecule has 1 aliphatic rings. The van der Waals surface area contributed by atoms with Gasteiger partial charge in [0.05, 0.1) is 23.2 Å². The molecule has 0 radical (unpaired) electrons. The SMILES string of the molecule is Cc1cc2nc(C3=C(O)CN(c4ccc(C)c(Cl)c4)C3=N)[nH]c2cc1C. The predicted molar refractivity (Wildman–Crippen MR) is 106 cm³/mol. The van der Waals surface area contributed by atoms with Gasteiger partial charge in [-0.1, -0.05) is 17.7 Å². The third-order valence-corrected chi connectivity index (χ3v) is 5.31. The van der Waals surface area contributed by atoms with Crippen molar-refractivity contribution in [2.45, 2.75) is 20.8 Å². The second-order valence-corrected chi connectivity index (χ2v) is 7.14. The van der Waals surface area contributed by atoms with E-state index >= 15 is 0 Å². The number of nitrogens with one attached hydrogen (secondary N) is 2. The molecule has 0 saturated carbocycles. The van der Waals surface area contributed by atoms with Gasteiger partial charge >= 0.3 is 0 Å². The molecule has 4 rings (SSSR count). The number of aliphatic hydroxyl groups excluding tert-OH is 1. The zero-order chi connectivity index (χ0) is 18.6. The van der Waals surface area contributed by atoms with Crippen LogP contribution in [0.15, 0.2) is 36.1 Å². The van der Waals surface area contributed by atoms with Crippen LogP contribution in [0.1, 0.15) is 22.5 Å². The number of imidazole rings is 1. The average molecular weight is 367 g/mol. The maximum atomic E-state index is 10.5. The molecule has 2 heterocycles. The molecular formula is C20H19ClN4O. The Morgan fingerprint density at radius 1 is 1.12 bits per heavy atom. The molecule has 3 N–H and O–H groups in total. The van der Waals surface area contributed by atoms with Gasteiger partial charge in [0.15, 0.2) is 0 Å². The van der Waals surface area contributed by atoms with E-state index in [1.807, 2.05) is 51.1 Å². The second kappa shape index (κ2) is 5.88. The number of fused-ring (bicyclic) bond motifs is 1. The summed E-state index contributed by atoms with van der Waals surface area (Å²) in [6.07, 6.45) is 0. The van der Waals surface area contributed by atoms with Gasteiger partial charge in [-0.05, 0) is 61.7 Å². The minimum Gasteiger partial charge on any atom is -0.509 e. The fraction of sp³-hybridized carbons (Fsp3) is 0.200. The van der Waals surface area contributed by atoms with E-state index in [4.69, 9.17) is 17.0 Å². The van der Waals surface area contributed by atoms with E-state index in [-0.39, 0.29) is 18.1 Å². The Bertz CT molecular complexity index is 1060. The summed E-state index contributed by atoms with van der Waals surface area (Å²) in [5.74, 6) is 0.835. The quantitative estimate of drug-likeness (QED) is 0.603. The van der Waals surface area contributed by atoms with E-state index in [1.54, 1.807) is 4.90 Å². The average Bonchev–Trinajstić information content (AvgIpc) is 3.10. The first-order chi connectivity index (χ1) is 12.3. The summed E-state index contributed by atoms with van der Waals surface area (Å²) in [5, 5.41) is 19.7. The van der Waals surface area contributed by atoms with Crippen molar-refractivity contribution in [2.24, 2.45) is 0 Å². The van der Waals surface area contributed by atoms with Crippen LogP contribution in [0.3, 0.4) is 0 Å². The summed E-state index contributed by atoms with van der Waals surface area (Å²) in [6.45, 7) is 6.25. The number of halogens is 1. The number of aryl methyl sites for hydroxylation is 3. The first-order valence-electron chi connectivity index (χ1n) is 8.37. The lowest BCUT2D eigenvalue weighted by Gasteiger charge is -2.19. The summed E-state index contributed by atoms with van der Waals surface area (Å²) in [7, 11) is 0. The standard InChI is InChI=1S/C20H19ClN4O/c1-10-4-5-13(8-14(10)21)25-9-17(26)18(19(25)22)20-23-15-6-11(2)12(3)7-16(15)24-20/h4-8,22,26H,9H2,1-3H3,(H,23,24). The van der Waals surface area contributed by atoms with Crippen molar-refractivity contribution in [3.63, 3.8) is 0 Å². The number of aromatic amines is 1. The first-order valence-corrected chi connectivity index (χ1v) is 8.75. The maximum Gasteiger partial charge on any atom is 0.145 e. The van der Waals surface area contributed by atoms with Gasteiger partial charge in [0.25, 0.3) is 0 Å². The van der Waals surface area contributed by atoms with Gasteiger partial charge in [-0.15, -0.1) is 0 Å².